The quantitative estimate of drug-likeness (QED) is 0.407. The van der Waals surface area contributed by atoms with Crippen molar-refractivity contribution in [3.63, 3.8) is 0 Å². The Morgan fingerprint density at radius 2 is 1.90 bits per heavy atom. The molecule has 0 heterocycles. The summed E-state index contributed by atoms with van der Waals surface area (Å²) in [7, 11) is 0. The van der Waals surface area contributed by atoms with E-state index in [-0.39, 0.29) is 5.97 Å². The Kier molecular flexibility index (Phi) is 7.06. The molecule has 0 N–H and O–H groups in total. The van der Waals surface area contributed by atoms with Crippen molar-refractivity contribution in [1.82, 2.24) is 0 Å². The van der Waals surface area contributed by atoms with Crippen molar-refractivity contribution in [3.8, 4) is 5.75 Å². The molecule has 0 aromatic heterocycles. The summed E-state index contributed by atoms with van der Waals surface area (Å²) in [5, 5.41) is 0.943. The number of alkyl halides is 1. The largest absolute Gasteiger partial charge is 0.494 e. The topological polar surface area (TPSA) is 35.5 Å². The van der Waals surface area contributed by atoms with E-state index in [1.807, 2.05) is 45.0 Å². The maximum Gasteiger partial charge on any atom is 0.311 e. The summed E-state index contributed by atoms with van der Waals surface area (Å²) in [6, 6.07) is 7.91. The van der Waals surface area contributed by atoms with Gasteiger partial charge in [0.1, 0.15) is 5.75 Å². The fourth-order valence-corrected chi connectivity index (χ4v) is 2.09. The zero-order chi connectivity index (χ0) is 15.0. The number of hydrogen-bond donors (Lipinski definition) is 0. The third-order valence-electron chi connectivity index (χ3n) is 2.94. The monoisotopic (exact) mass is 342 g/mol. The van der Waals surface area contributed by atoms with Crippen LogP contribution in [-0.2, 0) is 16.0 Å². The molecule has 0 saturated carbocycles. The lowest BCUT2D eigenvalue weighted by molar-refractivity contribution is -0.153. The highest BCUT2D eigenvalue weighted by molar-refractivity contribution is 9.09. The van der Waals surface area contributed by atoms with Gasteiger partial charge in [0, 0.05) is 5.33 Å². The van der Waals surface area contributed by atoms with Crippen molar-refractivity contribution < 1.29 is 14.3 Å². The van der Waals surface area contributed by atoms with E-state index in [0.29, 0.717) is 19.6 Å². The summed E-state index contributed by atoms with van der Waals surface area (Å²) in [6.07, 6.45) is 1.64. The zero-order valence-corrected chi connectivity index (χ0v) is 14.0. The molecular weight excluding hydrogens is 320 g/mol. The first-order chi connectivity index (χ1) is 9.49. The standard InChI is InChI=1S/C16H23BrO3/c1-4-19-15(18)16(2,3)12-13-6-8-14(9-7-13)20-11-5-10-17/h6-9H,4-5,10-12H2,1-3H3. The number of carbonyl (C=O) groups is 1. The number of ether oxygens (including phenoxy) is 2. The molecule has 0 spiro atoms. The molecule has 0 bridgehead atoms. The average molecular weight is 343 g/mol. The Morgan fingerprint density at radius 1 is 1.25 bits per heavy atom. The van der Waals surface area contributed by atoms with Crippen molar-refractivity contribution >= 4 is 21.9 Å². The summed E-state index contributed by atoms with van der Waals surface area (Å²) in [5.41, 5.74) is 0.602. The Balaban J connectivity index is 2.58. The maximum absolute atomic E-state index is 11.9. The van der Waals surface area contributed by atoms with Crippen LogP contribution < -0.4 is 4.74 Å². The van der Waals surface area contributed by atoms with E-state index in [4.69, 9.17) is 9.47 Å². The van der Waals surface area contributed by atoms with Gasteiger partial charge in [-0.15, -0.1) is 0 Å². The Labute approximate surface area is 129 Å². The van der Waals surface area contributed by atoms with E-state index in [9.17, 15) is 4.79 Å². The molecule has 0 fully saturated rings. The van der Waals surface area contributed by atoms with E-state index in [2.05, 4.69) is 15.9 Å². The maximum atomic E-state index is 11.9. The van der Waals surface area contributed by atoms with Crippen molar-refractivity contribution in [3.05, 3.63) is 29.8 Å². The molecular formula is C16H23BrO3. The van der Waals surface area contributed by atoms with E-state index in [0.717, 1.165) is 23.1 Å². The minimum absolute atomic E-state index is 0.155. The van der Waals surface area contributed by atoms with Crippen LogP contribution in [0.15, 0.2) is 24.3 Å². The highest BCUT2D eigenvalue weighted by Gasteiger charge is 2.29. The van der Waals surface area contributed by atoms with Gasteiger partial charge in [-0.2, -0.15) is 0 Å². The molecule has 0 aliphatic heterocycles. The molecule has 0 amide bonds. The van der Waals surface area contributed by atoms with E-state index in [1.54, 1.807) is 0 Å². The Morgan fingerprint density at radius 3 is 2.45 bits per heavy atom. The number of halogens is 1. The van der Waals surface area contributed by atoms with Gasteiger partial charge in [0.15, 0.2) is 0 Å². The number of hydrogen-bond acceptors (Lipinski definition) is 3. The molecule has 0 unspecified atom stereocenters. The summed E-state index contributed by atoms with van der Waals surface area (Å²) in [4.78, 5) is 11.9. The van der Waals surface area contributed by atoms with Crippen LogP contribution in [0.2, 0.25) is 0 Å². The highest BCUT2D eigenvalue weighted by Crippen LogP contribution is 2.25. The number of benzene rings is 1. The van der Waals surface area contributed by atoms with Gasteiger partial charge in [-0.05, 0) is 51.3 Å². The minimum atomic E-state index is -0.506. The first-order valence-corrected chi connectivity index (χ1v) is 8.06. The molecule has 20 heavy (non-hydrogen) atoms. The van der Waals surface area contributed by atoms with Crippen molar-refractivity contribution in [2.24, 2.45) is 5.41 Å². The lowest BCUT2D eigenvalue weighted by Gasteiger charge is -2.22. The lowest BCUT2D eigenvalue weighted by Crippen LogP contribution is -2.28. The zero-order valence-electron chi connectivity index (χ0n) is 12.4. The van der Waals surface area contributed by atoms with Gasteiger partial charge in [-0.3, -0.25) is 4.79 Å². The summed E-state index contributed by atoms with van der Waals surface area (Å²) >= 11 is 3.37. The van der Waals surface area contributed by atoms with Crippen LogP contribution in [-0.4, -0.2) is 24.5 Å². The van der Waals surface area contributed by atoms with Crippen LogP contribution >= 0.6 is 15.9 Å². The van der Waals surface area contributed by atoms with Crippen molar-refractivity contribution in [2.45, 2.75) is 33.6 Å². The number of rotatable bonds is 8. The van der Waals surface area contributed by atoms with Crippen molar-refractivity contribution in [1.29, 1.82) is 0 Å². The van der Waals surface area contributed by atoms with Crippen LogP contribution in [0.25, 0.3) is 0 Å². The molecule has 0 saturated heterocycles. The summed E-state index contributed by atoms with van der Waals surface area (Å²) in [6.45, 7) is 6.77. The highest BCUT2D eigenvalue weighted by atomic mass is 79.9. The van der Waals surface area contributed by atoms with Gasteiger partial charge in [0.2, 0.25) is 0 Å². The van der Waals surface area contributed by atoms with Gasteiger partial charge in [-0.1, -0.05) is 28.1 Å². The van der Waals surface area contributed by atoms with E-state index < -0.39 is 5.41 Å². The third kappa shape index (κ3) is 5.53. The smallest absolute Gasteiger partial charge is 0.311 e. The molecule has 3 nitrogen and oxygen atoms in total. The van der Waals surface area contributed by atoms with Crippen LogP contribution in [0.4, 0.5) is 0 Å². The fourth-order valence-electron chi connectivity index (χ4n) is 1.86. The van der Waals surface area contributed by atoms with Gasteiger partial charge < -0.3 is 9.47 Å². The SMILES string of the molecule is CCOC(=O)C(C)(C)Cc1ccc(OCCCBr)cc1. The van der Waals surface area contributed by atoms with Crippen LogP contribution in [0.3, 0.4) is 0 Å². The molecule has 1 aromatic carbocycles. The summed E-state index contributed by atoms with van der Waals surface area (Å²) in [5.74, 6) is 0.710. The first kappa shape index (κ1) is 17.0. The molecule has 1 rings (SSSR count). The second kappa shape index (κ2) is 8.30. The molecule has 0 radical (unpaired) electrons. The van der Waals surface area contributed by atoms with Crippen LogP contribution in [0, 0.1) is 5.41 Å². The normalized spacial score (nSPS) is 11.2. The molecule has 0 aliphatic carbocycles. The molecule has 4 heteroatoms. The van der Waals surface area contributed by atoms with Gasteiger partial charge in [-0.25, -0.2) is 0 Å². The van der Waals surface area contributed by atoms with Gasteiger partial charge >= 0.3 is 5.97 Å². The first-order valence-electron chi connectivity index (χ1n) is 6.94. The van der Waals surface area contributed by atoms with Crippen LogP contribution in [0.5, 0.6) is 5.75 Å². The molecule has 0 aliphatic rings. The Bertz CT molecular complexity index is 412. The van der Waals surface area contributed by atoms with Crippen molar-refractivity contribution in [2.75, 3.05) is 18.5 Å². The van der Waals surface area contributed by atoms with Crippen LogP contribution in [0.1, 0.15) is 32.8 Å². The van der Waals surface area contributed by atoms with E-state index in [1.165, 1.54) is 0 Å². The lowest BCUT2D eigenvalue weighted by atomic mass is 9.86. The number of esters is 1. The molecule has 112 valence electrons. The van der Waals surface area contributed by atoms with E-state index >= 15 is 0 Å². The molecule has 1 aromatic rings. The second-order valence-electron chi connectivity index (χ2n) is 5.32. The summed E-state index contributed by atoms with van der Waals surface area (Å²) < 4.78 is 10.7. The fraction of sp³-hybridized carbons (Fsp3) is 0.562. The third-order valence-corrected chi connectivity index (χ3v) is 3.50. The predicted molar refractivity (Wildman–Crippen MR) is 84.5 cm³/mol. The second-order valence-corrected chi connectivity index (χ2v) is 6.11. The molecule has 0 atom stereocenters. The Hall–Kier alpha value is -1.03. The van der Waals surface area contributed by atoms with Gasteiger partial charge in [0.05, 0.1) is 18.6 Å². The van der Waals surface area contributed by atoms with Gasteiger partial charge in [0.25, 0.3) is 0 Å². The minimum Gasteiger partial charge on any atom is -0.494 e. The predicted octanol–water partition coefficient (Wildman–Crippen LogP) is 3.98. The average Bonchev–Trinajstić information content (AvgIpc) is 2.41. The number of carbonyl (C=O) groups excluding carboxylic acids is 1.